The number of halogens is 1. The largest absolute Gasteiger partial charge is 0.481 e. The smallest absolute Gasteiger partial charge is 0.265 e. The molecule has 0 N–H and O–H groups in total. The van der Waals surface area contributed by atoms with Crippen LogP contribution in [0.25, 0.3) is 0 Å². The number of hydrogen-bond donors (Lipinski definition) is 0. The average molecular weight is 388 g/mol. The summed E-state index contributed by atoms with van der Waals surface area (Å²) in [4.78, 5) is 16.7. The lowest BCUT2D eigenvalue weighted by atomic mass is 9.99. The summed E-state index contributed by atoms with van der Waals surface area (Å²) in [5.41, 5.74) is 0.688. The van der Waals surface area contributed by atoms with Gasteiger partial charge >= 0.3 is 0 Å². The SMILES string of the molecule is O=C1COc2cc(F)ccc2N1CCCN1C2CCC1CC(OCC1CC1)C2. The maximum atomic E-state index is 13.4. The summed E-state index contributed by atoms with van der Waals surface area (Å²) >= 11 is 0. The topological polar surface area (TPSA) is 42.0 Å². The predicted octanol–water partition coefficient (Wildman–Crippen LogP) is 3.36. The minimum absolute atomic E-state index is 0.00850. The molecule has 2 bridgehead atoms. The minimum atomic E-state index is -0.337. The third-order valence-electron chi connectivity index (χ3n) is 6.77. The van der Waals surface area contributed by atoms with Crippen molar-refractivity contribution in [3.8, 4) is 5.75 Å². The zero-order valence-corrected chi connectivity index (χ0v) is 16.3. The van der Waals surface area contributed by atoms with E-state index in [2.05, 4.69) is 4.90 Å². The van der Waals surface area contributed by atoms with E-state index in [4.69, 9.17) is 9.47 Å². The van der Waals surface area contributed by atoms with Gasteiger partial charge in [0.1, 0.15) is 11.6 Å². The normalized spacial score (nSPS) is 29.7. The van der Waals surface area contributed by atoms with Crippen molar-refractivity contribution < 1.29 is 18.7 Å². The standard InChI is InChI=1S/C22H29FN2O3/c23-16-4-7-20-21(10-16)28-14-22(26)25(20)9-1-8-24-17-5-6-18(24)12-19(11-17)27-13-15-2-3-15/h4,7,10,15,17-19H,1-3,5-6,8-9,11-14H2. The first-order valence-electron chi connectivity index (χ1n) is 10.8. The van der Waals surface area contributed by atoms with E-state index in [0.29, 0.717) is 36.2 Å². The van der Waals surface area contributed by atoms with Gasteiger partial charge in [-0.1, -0.05) is 0 Å². The van der Waals surface area contributed by atoms with Gasteiger partial charge in [-0.15, -0.1) is 0 Å². The van der Waals surface area contributed by atoms with Crippen LogP contribution in [0.2, 0.25) is 0 Å². The van der Waals surface area contributed by atoms with Crippen molar-refractivity contribution in [1.29, 1.82) is 0 Å². The van der Waals surface area contributed by atoms with Gasteiger partial charge in [0.05, 0.1) is 11.8 Å². The van der Waals surface area contributed by atoms with Crippen LogP contribution in [0.1, 0.15) is 44.9 Å². The molecule has 152 valence electrons. The highest BCUT2D eigenvalue weighted by atomic mass is 19.1. The predicted molar refractivity (Wildman–Crippen MR) is 104 cm³/mol. The molecular formula is C22H29FN2O3. The fourth-order valence-electron chi connectivity index (χ4n) is 5.12. The summed E-state index contributed by atoms with van der Waals surface area (Å²) in [6, 6.07) is 5.66. The van der Waals surface area contributed by atoms with E-state index in [0.717, 1.165) is 38.3 Å². The third kappa shape index (κ3) is 3.77. The molecule has 3 aliphatic heterocycles. The van der Waals surface area contributed by atoms with E-state index in [9.17, 15) is 9.18 Å². The Balaban J connectivity index is 1.15. The summed E-state index contributed by atoms with van der Waals surface area (Å²) in [6.45, 7) is 2.61. The number of benzene rings is 1. The quantitative estimate of drug-likeness (QED) is 0.718. The zero-order chi connectivity index (χ0) is 19.1. The number of rotatable bonds is 7. The average Bonchev–Trinajstić information content (AvgIpc) is 3.48. The van der Waals surface area contributed by atoms with Crippen LogP contribution < -0.4 is 9.64 Å². The minimum Gasteiger partial charge on any atom is -0.481 e. The second kappa shape index (κ2) is 7.64. The molecule has 4 aliphatic rings. The molecule has 6 heteroatoms. The molecule has 3 fully saturated rings. The molecule has 28 heavy (non-hydrogen) atoms. The first kappa shape index (κ1) is 18.4. The molecular weight excluding hydrogens is 359 g/mol. The molecule has 1 aromatic rings. The maximum Gasteiger partial charge on any atom is 0.265 e. The van der Waals surface area contributed by atoms with E-state index in [-0.39, 0.29) is 18.3 Å². The highest BCUT2D eigenvalue weighted by molar-refractivity contribution is 5.97. The second-order valence-corrected chi connectivity index (χ2v) is 8.79. The Morgan fingerprint density at radius 1 is 1.11 bits per heavy atom. The van der Waals surface area contributed by atoms with E-state index in [1.54, 1.807) is 11.0 Å². The summed E-state index contributed by atoms with van der Waals surface area (Å²) < 4.78 is 25.0. The monoisotopic (exact) mass is 388 g/mol. The van der Waals surface area contributed by atoms with Crippen molar-refractivity contribution in [2.45, 2.75) is 63.1 Å². The Bertz CT molecular complexity index is 724. The molecule has 2 atom stereocenters. The summed E-state index contributed by atoms with van der Waals surface area (Å²) in [5.74, 6) is 0.914. The Hall–Kier alpha value is -1.66. The molecule has 2 unspecified atom stereocenters. The van der Waals surface area contributed by atoms with Crippen molar-refractivity contribution in [1.82, 2.24) is 4.90 Å². The molecule has 1 aliphatic carbocycles. The van der Waals surface area contributed by atoms with Gasteiger partial charge in [-0.25, -0.2) is 4.39 Å². The van der Waals surface area contributed by atoms with E-state index in [1.165, 1.54) is 37.8 Å². The van der Waals surface area contributed by atoms with Gasteiger partial charge in [0.2, 0.25) is 0 Å². The van der Waals surface area contributed by atoms with E-state index >= 15 is 0 Å². The molecule has 5 rings (SSSR count). The summed E-state index contributed by atoms with van der Waals surface area (Å²) in [5, 5.41) is 0. The highest BCUT2D eigenvalue weighted by Gasteiger charge is 2.41. The van der Waals surface area contributed by atoms with Crippen molar-refractivity contribution in [2.75, 3.05) is 31.2 Å². The lowest BCUT2D eigenvalue weighted by molar-refractivity contribution is -0.121. The van der Waals surface area contributed by atoms with Crippen LogP contribution in [0.5, 0.6) is 5.75 Å². The lowest BCUT2D eigenvalue weighted by Gasteiger charge is -2.39. The number of fused-ring (bicyclic) bond motifs is 3. The van der Waals surface area contributed by atoms with Gasteiger partial charge in [-0.2, -0.15) is 0 Å². The zero-order valence-electron chi connectivity index (χ0n) is 16.3. The highest BCUT2D eigenvalue weighted by Crippen LogP contribution is 2.38. The van der Waals surface area contributed by atoms with Crippen LogP contribution in [0.4, 0.5) is 10.1 Å². The Labute approximate surface area is 165 Å². The molecule has 2 saturated heterocycles. The molecule has 0 radical (unpaired) electrons. The van der Waals surface area contributed by atoms with Gasteiger partial charge < -0.3 is 14.4 Å². The Morgan fingerprint density at radius 3 is 2.64 bits per heavy atom. The first-order chi connectivity index (χ1) is 13.7. The fourth-order valence-corrected chi connectivity index (χ4v) is 5.12. The van der Waals surface area contributed by atoms with Crippen LogP contribution in [0, 0.1) is 11.7 Å². The number of anilines is 1. The number of nitrogens with zero attached hydrogens (tertiary/aromatic N) is 2. The van der Waals surface area contributed by atoms with Crippen LogP contribution in [-0.2, 0) is 9.53 Å². The summed E-state index contributed by atoms with van der Waals surface area (Å²) in [6.07, 6.45) is 8.91. The number of piperidine rings is 1. The summed E-state index contributed by atoms with van der Waals surface area (Å²) in [7, 11) is 0. The Morgan fingerprint density at radius 2 is 1.89 bits per heavy atom. The van der Waals surface area contributed by atoms with Crippen molar-refractivity contribution in [2.24, 2.45) is 5.92 Å². The molecule has 0 spiro atoms. The molecule has 1 saturated carbocycles. The van der Waals surface area contributed by atoms with E-state index in [1.807, 2.05) is 0 Å². The molecule has 3 heterocycles. The van der Waals surface area contributed by atoms with Crippen LogP contribution in [0.3, 0.4) is 0 Å². The molecule has 0 aromatic heterocycles. The first-order valence-corrected chi connectivity index (χ1v) is 10.8. The number of ether oxygens (including phenoxy) is 2. The van der Waals surface area contributed by atoms with Crippen LogP contribution >= 0.6 is 0 Å². The van der Waals surface area contributed by atoms with Crippen molar-refractivity contribution in [3.05, 3.63) is 24.0 Å². The number of hydrogen-bond acceptors (Lipinski definition) is 4. The maximum absolute atomic E-state index is 13.4. The van der Waals surface area contributed by atoms with Crippen LogP contribution in [0.15, 0.2) is 18.2 Å². The molecule has 1 aromatic carbocycles. The molecule has 5 nitrogen and oxygen atoms in total. The van der Waals surface area contributed by atoms with Gasteiger partial charge in [0.15, 0.2) is 6.61 Å². The third-order valence-corrected chi connectivity index (χ3v) is 6.77. The van der Waals surface area contributed by atoms with E-state index < -0.39 is 0 Å². The van der Waals surface area contributed by atoms with Gasteiger partial charge in [0, 0.05) is 37.8 Å². The molecule has 1 amide bonds. The van der Waals surface area contributed by atoms with Crippen molar-refractivity contribution >= 4 is 11.6 Å². The lowest BCUT2D eigenvalue weighted by Crippen LogP contribution is -2.47. The number of carbonyl (C=O) groups excluding carboxylic acids is 1. The number of amides is 1. The van der Waals surface area contributed by atoms with Crippen molar-refractivity contribution in [3.63, 3.8) is 0 Å². The van der Waals surface area contributed by atoms with Gasteiger partial charge in [-0.05, 0) is 63.0 Å². The Kier molecular flexibility index (Phi) is 5.01. The van der Waals surface area contributed by atoms with Gasteiger partial charge in [-0.3, -0.25) is 9.69 Å². The fraction of sp³-hybridized carbons (Fsp3) is 0.682. The second-order valence-electron chi connectivity index (χ2n) is 8.79. The van der Waals surface area contributed by atoms with Crippen LogP contribution in [-0.4, -0.2) is 55.3 Å². The van der Waals surface area contributed by atoms with Gasteiger partial charge in [0.25, 0.3) is 5.91 Å². The number of carbonyl (C=O) groups is 1.